The van der Waals surface area contributed by atoms with Crippen molar-refractivity contribution in [3.63, 3.8) is 0 Å². The smallest absolute Gasteiger partial charge is 0.228 e. The number of nitrogens with one attached hydrogen (secondary N) is 2. The molecule has 29 heavy (non-hydrogen) atoms. The topological polar surface area (TPSA) is 57.4 Å². The van der Waals surface area contributed by atoms with Gasteiger partial charge in [0.1, 0.15) is 0 Å². The van der Waals surface area contributed by atoms with Gasteiger partial charge in [-0.05, 0) is 48.1 Å². The van der Waals surface area contributed by atoms with Gasteiger partial charge in [-0.15, -0.1) is 0 Å². The van der Waals surface area contributed by atoms with Crippen molar-refractivity contribution in [2.75, 3.05) is 38.2 Å². The van der Waals surface area contributed by atoms with Crippen LogP contribution in [-0.2, 0) is 16.0 Å². The lowest BCUT2D eigenvalue weighted by Gasteiger charge is -2.26. The molecule has 1 amide bonds. The highest BCUT2D eigenvalue weighted by Gasteiger charge is 2.43. The van der Waals surface area contributed by atoms with Crippen LogP contribution < -0.4 is 5.32 Å². The van der Waals surface area contributed by atoms with E-state index in [9.17, 15) is 4.79 Å². The summed E-state index contributed by atoms with van der Waals surface area (Å²) < 4.78 is 5.43. The largest absolute Gasteiger partial charge is 0.379 e. The first-order valence-electron chi connectivity index (χ1n) is 10.5. The summed E-state index contributed by atoms with van der Waals surface area (Å²) in [4.78, 5) is 18.5. The van der Waals surface area contributed by atoms with E-state index in [0.717, 1.165) is 56.9 Å². The van der Waals surface area contributed by atoms with Crippen molar-refractivity contribution in [1.82, 2.24) is 9.88 Å². The van der Waals surface area contributed by atoms with Crippen molar-refractivity contribution < 1.29 is 9.53 Å². The summed E-state index contributed by atoms with van der Waals surface area (Å²) in [6.07, 6.45) is 4.03. The molecule has 0 spiro atoms. The fourth-order valence-corrected chi connectivity index (χ4v) is 4.35. The van der Waals surface area contributed by atoms with Crippen LogP contribution in [0, 0.1) is 5.92 Å². The van der Waals surface area contributed by atoms with Crippen molar-refractivity contribution in [3.05, 3.63) is 65.9 Å². The Morgan fingerprint density at radius 2 is 1.97 bits per heavy atom. The number of hydrogen-bond donors (Lipinski definition) is 2. The average molecular weight is 389 g/mol. The number of fused-ring (bicyclic) bond motifs is 1. The lowest BCUT2D eigenvalue weighted by Crippen LogP contribution is -2.37. The van der Waals surface area contributed by atoms with Gasteiger partial charge in [-0.1, -0.05) is 30.3 Å². The number of aromatic nitrogens is 1. The van der Waals surface area contributed by atoms with Gasteiger partial charge in [-0.25, -0.2) is 0 Å². The number of rotatable bonds is 6. The van der Waals surface area contributed by atoms with Crippen LogP contribution in [0.1, 0.15) is 23.5 Å². The predicted octanol–water partition coefficient (Wildman–Crippen LogP) is 3.78. The molecular formula is C24H27N3O2. The Bertz CT molecular complexity index is 992. The van der Waals surface area contributed by atoms with Crippen molar-refractivity contribution in [2.24, 2.45) is 5.92 Å². The molecule has 2 fully saturated rings. The Labute approximate surface area is 171 Å². The molecule has 2 aliphatic rings. The highest BCUT2D eigenvalue weighted by molar-refractivity contribution is 5.97. The third-order valence-electron chi connectivity index (χ3n) is 6.19. The van der Waals surface area contributed by atoms with Crippen molar-refractivity contribution in [2.45, 2.75) is 18.8 Å². The van der Waals surface area contributed by atoms with Crippen LogP contribution in [0.15, 0.2) is 54.7 Å². The first-order valence-corrected chi connectivity index (χ1v) is 10.5. The summed E-state index contributed by atoms with van der Waals surface area (Å²) in [7, 11) is 0. The van der Waals surface area contributed by atoms with Gasteiger partial charge in [-0.2, -0.15) is 0 Å². The molecular weight excluding hydrogens is 362 g/mol. The van der Waals surface area contributed by atoms with Crippen LogP contribution in [0.3, 0.4) is 0 Å². The molecule has 1 unspecified atom stereocenters. The second kappa shape index (κ2) is 8.01. The molecule has 1 aromatic heterocycles. The van der Waals surface area contributed by atoms with E-state index in [1.165, 1.54) is 16.5 Å². The number of carbonyl (C=O) groups excluding carboxylic acids is 1. The fourth-order valence-electron chi connectivity index (χ4n) is 4.35. The predicted molar refractivity (Wildman–Crippen MR) is 115 cm³/mol. The van der Waals surface area contributed by atoms with Crippen LogP contribution in [0.25, 0.3) is 10.9 Å². The summed E-state index contributed by atoms with van der Waals surface area (Å²) in [6.45, 7) is 4.71. The number of ether oxygens (including phenoxy) is 1. The molecule has 1 aliphatic heterocycles. The molecule has 5 rings (SSSR count). The number of carbonyl (C=O) groups is 1. The Balaban J connectivity index is 1.24. The lowest BCUT2D eigenvalue weighted by atomic mass is 10.1. The summed E-state index contributed by atoms with van der Waals surface area (Å²) in [5.41, 5.74) is 4.57. The first-order chi connectivity index (χ1) is 14.3. The quantitative estimate of drug-likeness (QED) is 0.674. The normalized spacial score (nSPS) is 21.9. The number of anilines is 1. The van der Waals surface area contributed by atoms with Gasteiger partial charge in [0.25, 0.3) is 0 Å². The van der Waals surface area contributed by atoms with E-state index >= 15 is 0 Å². The van der Waals surface area contributed by atoms with Crippen LogP contribution in [0.4, 0.5) is 5.69 Å². The molecule has 1 saturated carbocycles. The summed E-state index contributed by atoms with van der Waals surface area (Å²) in [6, 6.07) is 16.5. The monoisotopic (exact) mass is 389 g/mol. The molecule has 2 heterocycles. The molecule has 150 valence electrons. The molecule has 5 nitrogen and oxygen atoms in total. The van der Waals surface area contributed by atoms with Crippen molar-refractivity contribution >= 4 is 22.5 Å². The zero-order valence-electron chi connectivity index (χ0n) is 16.6. The Kier molecular flexibility index (Phi) is 5.08. The SMILES string of the molecule is O=C(Nc1ccc2[nH]cc(CCN3CCOCC3)c2c1)C1C[C@H]1c1ccccc1. The van der Waals surface area contributed by atoms with Gasteiger partial charge in [0.05, 0.1) is 13.2 Å². The lowest BCUT2D eigenvalue weighted by molar-refractivity contribution is -0.117. The number of amides is 1. The molecule has 3 aromatic rings. The molecule has 1 aliphatic carbocycles. The maximum absolute atomic E-state index is 12.7. The Morgan fingerprint density at radius 1 is 1.14 bits per heavy atom. The molecule has 1 saturated heterocycles. The molecule has 0 radical (unpaired) electrons. The molecule has 2 aromatic carbocycles. The van der Waals surface area contributed by atoms with E-state index in [2.05, 4.69) is 45.7 Å². The van der Waals surface area contributed by atoms with Crippen LogP contribution in [-0.4, -0.2) is 48.6 Å². The van der Waals surface area contributed by atoms with Gasteiger partial charge in [0.2, 0.25) is 5.91 Å². The molecule has 2 N–H and O–H groups in total. The van der Waals surface area contributed by atoms with Gasteiger partial charge in [0, 0.05) is 48.3 Å². The Morgan fingerprint density at radius 3 is 2.79 bits per heavy atom. The Hall–Kier alpha value is -2.63. The van der Waals surface area contributed by atoms with Crippen molar-refractivity contribution in [3.8, 4) is 0 Å². The van der Waals surface area contributed by atoms with E-state index in [1.807, 2.05) is 24.3 Å². The number of aromatic amines is 1. The highest BCUT2D eigenvalue weighted by Crippen LogP contribution is 2.47. The summed E-state index contributed by atoms with van der Waals surface area (Å²) in [5.74, 6) is 0.569. The second-order valence-electron chi connectivity index (χ2n) is 8.13. The summed E-state index contributed by atoms with van der Waals surface area (Å²) in [5, 5.41) is 4.34. The van der Waals surface area contributed by atoms with E-state index < -0.39 is 0 Å². The molecule has 5 heteroatoms. The van der Waals surface area contributed by atoms with E-state index in [0.29, 0.717) is 5.92 Å². The fraction of sp³-hybridized carbons (Fsp3) is 0.375. The minimum Gasteiger partial charge on any atom is -0.379 e. The van der Waals surface area contributed by atoms with Crippen LogP contribution >= 0.6 is 0 Å². The number of nitrogens with zero attached hydrogens (tertiary/aromatic N) is 1. The second-order valence-corrected chi connectivity index (χ2v) is 8.13. The van der Waals surface area contributed by atoms with Gasteiger partial charge < -0.3 is 15.0 Å². The van der Waals surface area contributed by atoms with Crippen molar-refractivity contribution in [1.29, 1.82) is 0 Å². The first kappa shape index (κ1) is 18.4. The zero-order chi connectivity index (χ0) is 19.6. The standard InChI is InChI=1S/C24H27N3O2/c28-24(22-15-20(22)17-4-2-1-3-5-17)26-19-6-7-23-21(14-19)18(16-25-23)8-9-27-10-12-29-13-11-27/h1-7,14,16,20,22,25H,8-13,15H2,(H,26,28)/t20-,22?/m0/s1. The minimum atomic E-state index is 0.0834. The number of H-pyrrole nitrogens is 1. The number of hydrogen-bond acceptors (Lipinski definition) is 3. The zero-order valence-corrected chi connectivity index (χ0v) is 16.6. The van der Waals surface area contributed by atoms with E-state index in [4.69, 9.17) is 4.74 Å². The van der Waals surface area contributed by atoms with E-state index in [-0.39, 0.29) is 11.8 Å². The molecule has 0 bridgehead atoms. The average Bonchev–Trinajstić information content (AvgIpc) is 3.48. The van der Waals surface area contributed by atoms with Gasteiger partial charge >= 0.3 is 0 Å². The number of morpholine rings is 1. The van der Waals surface area contributed by atoms with Gasteiger partial charge in [0.15, 0.2) is 0 Å². The number of benzene rings is 2. The summed E-state index contributed by atoms with van der Waals surface area (Å²) >= 11 is 0. The molecule has 2 atom stereocenters. The van der Waals surface area contributed by atoms with Gasteiger partial charge in [-0.3, -0.25) is 9.69 Å². The van der Waals surface area contributed by atoms with Crippen LogP contribution in [0.2, 0.25) is 0 Å². The third-order valence-corrected chi connectivity index (χ3v) is 6.19. The van der Waals surface area contributed by atoms with Crippen LogP contribution in [0.5, 0.6) is 0 Å². The maximum Gasteiger partial charge on any atom is 0.228 e. The highest BCUT2D eigenvalue weighted by atomic mass is 16.5. The van der Waals surface area contributed by atoms with E-state index in [1.54, 1.807) is 0 Å². The third kappa shape index (κ3) is 4.07. The minimum absolute atomic E-state index is 0.0834. The maximum atomic E-state index is 12.7.